The van der Waals surface area contributed by atoms with Gasteiger partial charge in [-0.25, -0.2) is 9.78 Å². The molecular weight excluding hydrogens is 255 g/mol. The summed E-state index contributed by atoms with van der Waals surface area (Å²) in [7, 11) is 0. The van der Waals surface area contributed by atoms with Gasteiger partial charge in [0.2, 0.25) is 5.88 Å². The molecule has 0 spiro atoms. The van der Waals surface area contributed by atoms with Gasteiger partial charge >= 0.3 is 6.16 Å². The average Bonchev–Trinajstić information content (AvgIpc) is 2.19. The predicted molar refractivity (Wildman–Crippen MR) is 58.2 cm³/mol. The lowest BCUT2D eigenvalue weighted by Gasteiger charge is -2.03. The first-order valence-corrected chi connectivity index (χ1v) is 4.84. The van der Waals surface area contributed by atoms with Crippen LogP contribution in [0.15, 0.2) is 18.3 Å². The van der Waals surface area contributed by atoms with Crippen LogP contribution in [0.2, 0.25) is 10.0 Å². The van der Waals surface area contributed by atoms with Crippen molar-refractivity contribution in [3.8, 4) is 5.88 Å². The summed E-state index contributed by atoms with van der Waals surface area (Å²) in [5.74, 6) is -0.198. The van der Waals surface area contributed by atoms with Crippen molar-refractivity contribution < 1.29 is 14.6 Å². The van der Waals surface area contributed by atoms with Gasteiger partial charge in [0.05, 0.1) is 5.02 Å². The molecule has 0 aliphatic rings. The van der Waals surface area contributed by atoms with Gasteiger partial charge in [-0.2, -0.15) is 4.98 Å². The highest BCUT2D eigenvalue weighted by Gasteiger charge is 2.10. The third kappa shape index (κ3) is 2.15. The molecule has 2 rings (SSSR count). The number of ether oxygens (including phenoxy) is 1. The van der Waals surface area contributed by atoms with E-state index in [1.807, 2.05) is 0 Å². The molecule has 0 aromatic carbocycles. The number of rotatable bonds is 1. The summed E-state index contributed by atoms with van der Waals surface area (Å²) >= 11 is 11.5. The Morgan fingerprint density at radius 3 is 2.81 bits per heavy atom. The zero-order valence-electron chi connectivity index (χ0n) is 7.65. The summed E-state index contributed by atoms with van der Waals surface area (Å²) in [5.41, 5.74) is 0.310. The first-order chi connectivity index (χ1) is 7.56. The van der Waals surface area contributed by atoms with Crippen molar-refractivity contribution in [1.29, 1.82) is 0 Å². The summed E-state index contributed by atoms with van der Waals surface area (Å²) < 4.78 is 4.38. The summed E-state index contributed by atoms with van der Waals surface area (Å²) in [4.78, 5) is 18.1. The Morgan fingerprint density at radius 1 is 1.38 bits per heavy atom. The summed E-state index contributed by atoms with van der Waals surface area (Å²) in [5, 5.41) is 9.58. The molecule has 0 amide bonds. The lowest BCUT2D eigenvalue weighted by Crippen LogP contribution is -2.05. The third-order valence-electron chi connectivity index (χ3n) is 1.74. The first-order valence-electron chi connectivity index (χ1n) is 4.09. The zero-order chi connectivity index (χ0) is 11.7. The second-order valence-electron chi connectivity index (χ2n) is 2.84. The maximum atomic E-state index is 10.3. The van der Waals surface area contributed by atoms with Gasteiger partial charge in [-0.3, -0.25) is 0 Å². The van der Waals surface area contributed by atoms with Crippen LogP contribution in [-0.4, -0.2) is 21.2 Å². The monoisotopic (exact) mass is 258 g/mol. The molecule has 0 aliphatic carbocycles. The molecule has 0 radical (unpaired) electrons. The Labute approximate surface area is 99.6 Å². The lowest BCUT2D eigenvalue weighted by molar-refractivity contribution is 0.142. The second-order valence-corrected chi connectivity index (χ2v) is 3.69. The number of halogens is 2. The summed E-state index contributed by atoms with van der Waals surface area (Å²) in [6, 6.07) is 3.11. The van der Waals surface area contributed by atoms with E-state index in [2.05, 4.69) is 14.7 Å². The molecule has 82 valence electrons. The fourth-order valence-corrected chi connectivity index (χ4v) is 1.51. The number of carbonyl (C=O) groups is 1. The maximum Gasteiger partial charge on any atom is 0.512 e. The SMILES string of the molecule is O=C(O)Oc1nc2ncc(Cl)cc2cc1Cl. The van der Waals surface area contributed by atoms with Gasteiger partial charge in [0.25, 0.3) is 0 Å². The highest BCUT2D eigenvalue weighted by atomic mass is 35.5. The van der Waals surface area contributed by atoms with E-state index in [0.29, 0.717) is 16.1 Å². The van der Waals surface area contributed by atoms with Gasteiger partial charge in [-0.05, 0) is 12.1 Å². The second kappa shape index (κ2) is 4.11. The summed E-state index contributed by atoms with van der Waals surface area (Å²) in [6.45, 7) is 0. The quantitative estimate of drug-likeness (QED) is 0.797. The Balaban J connectivity index is 2.58. The minimum absolute atomic E-state index is 0.0824. The molecular formula is C9H4Cl2N2O3. The van der Waals surface area contributed by atoms with E-state index in [1.165, 1.54) is 12.3 Å². The standard InChI is InChI=1S/C9H4Cl2N2O3/c10-5-1-4-2-6(11)8(16-9(14)15)13-7(4)12-3-5/h1-3H,(H,14,15). The fraction of sp³-hybridized carbons (Fsp3) is 0. The predicted octanol–water partition coefficient (Wildman–Crippen LogP) is 2.99. The lowest BCUT2D eigenvalue weighted by atomic mass is 10.3. The number of nitrogens with zero attached hydrogens (tertiary/aromatic N) is 2. The summed E-state index contributed by atoms with van der Waals surface area (Å²) in [6.07, 6.45) is -0.0854. The fourth-order valence-electron chi connectivity index (χ4n) is 1.15. The van der Waals surface area contributed by atoms with Crippen LogP contribution in [0, 0.1) is 0 Å². The van der Waals surface area contributed by atoms with E-state index in [4.69, 9.17) is 28.3 Å². The Hall–Kier alpha value is -1.59. The van der Waals surface area contributed by atoms with Crippen LogP contribution in [0.5, 0.6) is 5.88 Å². The van der Waals surface area contributed by atoms with Crippen LogP contribution >= 0.6 is 23.2 Å². The van der Waals surface area contributed by atoms with E-state index in [9.17, 15) is 4.79 Å². The van der Waals surface area contributed by atoms with Crippen LogP contribution in [0.25, 0.3) is 11.0 Å². The molecule has 2 aromatic heterocycles. The van der Waals surface area contributed by atoms with Crippen molar-refractivity contribution in [2.24, 2.45) is 0 Å². The zero-order valence-corrected chi connectivity index (χ0v) is 9.16. The van der Waals surface area contributed by atoms with Crippen molar-refractivity contribution >= 4 is 40.4 Å². The Morgan fingerprint density at radius 2 is 2.12 bits per heavy atom. The number of hydrogen-bond donors (Lipinski definition) is 1. The highest BCUT2D eigenvalue weighted by Crippen LogP contribution is 2.27. The average molecular weight is 259 g/mol. The molecule has 2 aromatic rings. The minimum Gasteiger partial charge on any atom is -0.449 e. The van der Waals surface area contributed by atoms with Gasteiger partial charge in [0, 0.05) is 11.6 Å². The Bertz CT molecular complexity index is 574. The normalized spacial score (nSPS) is 10.4. The van der Waals surface area contributed by atoms with Crippen LogP contribution in [0.3, 0.4) is 0 Å². The van der Waals surface area contributed by atoms with Crippen LogP contribution < -0.4 is 4.74 Å². The molecule has 0 aliphatic heterocycles. The van der Waals surface area contributed by atoms with Crippen molar-refractivity contribution in [3.63, 3.8) is 0 Å². The van der Waals surface area contributed by atoms with Crippen molar-refractivity contribution in [3.05, 3.63) is 28.4 Å². The van der Waals surface area contributed by atoms with E-state index in [-0.39, 0.29) is 10.9 Å². The molecule has 1 N–H and O–H groups in total. The van der Waals surface area contributed by atoms with Gasteiger partial charge < -0.3 is 9.84 Å². The number of fused-ring (bicyclic) bond motifs is 1. The molecule has 0 saturated heterocycles. The van der Waals surface area contributed by atoms with Crippen molar-refractivity contribution in [1.82, 2.24) is 9.97 Å². The van der Waals surface area contributed by atoms with Crippen molar-refractivity contribution in [2.45, 2.75) is 0 Å². The highest BCUT2D eigenvalue weighted by molar-refractivity contribution is 6.33. The molecule has 5 nitrogen and oxygen atoms in total. The topological polar surface area (TPSA) is 72.3 Å². The third-order valence-corrected chi connectivity index (χ3v) is 2.22. The van der Waals surface area contributed by atoms with E-state index in [1.54, 1.807) is 6.07 Å². The number of hydrogen-bond acceptors (Lipinski definition) is 4. The molecule has 7 heteroatoms. The van der Waals surface area contributed by atoms with E-state index >= 15 is 0 Å². The Kier molecular flexibility index (Phi) is 2.80. The maximum absolute atomic E-state index is 10.3. The van der Waals surface area contributed by atoms with Crippen LogP contribution in [-0.2, 0) is 0 Å². The number of carboxylic acid groups (broad SMARTS) is 1. The van der Waals surface area contributed by atoms with E-state index in [0.717, 1.165) is 0 Å². The molecule has 0 fully saturated rings. The largest absolute Gasteiger partial charge is 0.512 e. The number of pyridine rings is 2. The van der Waals surface area contributed by atoms with Gasteiger partial charge in [0.1, 0.15) is 5.02 Å². The van der Waals surface area contributed by atoms with E-state index < -0.39 is 6.16 Å². The molecule has 0 bridgehead atoms. The first kappa shape index (κ1) is 10.9. The van der Waals surface area contributed by atoms with Crippen LogP contribution in [0.4, 0.5) is 4.79 Å². The van der Waals surface area contributed by atoms with Crippen LogP contribution in [0.1, 0.15) is 0 Å². The molecule has 2 heterocycles. The minimum atomic E-state index is -1.48. The van der Waals surface area contributed by atoms with Crippen molar-refractivity contribution in [2.75, 3.05) is 0 Å². The van der Waals surface area contributed by atoms with Gasteiger partial charge in [-0.1, -0.05) is 23.2 Å². The van der Waals surface area contributed by atoms with Gasteiger partial charge in [-0.15, -0.1) is 0 Å². The molecule has 0 saturated carbocycles. The molecule has 16 heavy (non-hydrogen) atoms. The van der Waals surface area contributed by atoms with Gasteiger partial charge in [0.15, 0.2) is 5.65 Å². The molecule has 0 atom stereocenters. The smallest absolute Gasteiger partial charge is 0.449 e. The number of aromatic nitrogens is 2. The molecule has 0 unspecified atom stereocenters.